The van der Waals surface area contributed by atoms with Gasteiger partial charge >= 0.3 is 0 Å². The molecule has 2 amide bonds. The van der Waals surface area contributed by atoms with Crippen LogP contribution in [0.3, 0.4) is 0 Å². The van der Waals surface area contributed by atoms with E-state index in [2.05, 4.69) is 15.5 Å². The van der Waals surface area contributed by atoms with Gasteiger partial charge in [0.15, 0.2) is 0 Å². The molecule has 0 aliphatic carbocycles. The number of hydrogen-bond donors (Lipinski definition) is 3. The number of nitrogens with zero attached hydrogens (tertiary/aromatic N) is 1. The molecule has 1 fully saturated rings. The van der Waals surface area contributed by atoms with Gasteiger partial charge in [0.1, 0.15) is 0 Å². The topological polar surface area (TPSA) is 96.7 Å². The van der Waals surface area contributed by atoms with Crippen molar-refractivity contribution in [2.45, 2.75) is 26.7 Å². The Balaban J connectivity index is 0. The van der Waals surface area contributed by atoms with Crippen molar-refractivity contribution in [3.63, 3.8) is 0 Å². The molecule has 7 nitrogen and oxygen atoms in total. The van der Waals surface area contributed by atoms with Gasteiger partial charge in [-0.15, -0.1) is 24.8 Å². The fraction of sp³-hybridized carbons (Fsp3) is 0.867. The largest absolute Gasteiger partial charge is 0.379 e. The summed E-state index contributed by atoms with van der Waals surface area (Å²) in [6.45, 7) is 8.87. The van der Waals surface area contributed by atoms with Crippen LogP contribution in [0.2, 0.25) is 0 Å². The Labute approximate surface area is 157 Å². The van der Waals surface area contributed by atoms with Crippen molar-refractivity contribution in [3.05, 3.63) is 0 Å². The first kappa shape index (κ1) is 25.6. The van der Waals surface area contributed by atoms with E-state index in [1.807, 2.05) is 13.8 Å². The number of carbonyl (C=O) groups excluding carboxylic acids is 2. The molecule has 0 bridgehead atoms. The van der Waals surface area contributed by atoms with Crippen LogP contribution in [0.15, 0.2) is 0 Å². The average molecular weight is 387 g/mol. The molecule has 0 aromatic rings. The Morgan fingerprint density at radius 1 is 1.12 bits per heavy atom. The minimum atomic E-state index is -0.561. The van der Waals surface area contributed by atoms with Crippen LogP contribution in [-0.2, 0) is 14.3 Å². The van der Waals surface area contributed by atoms with Crippen LogP contribution < -0.4 is 16.4 Å². The Morgan fingerprint density at radius 2 is 1.71 bits per heavy atom. The average Bonchev–Trinajstić information content (AvgIpc) is 2.56. The maximum Gasteiger partial charge on any atom is 0.239 e. The normalized spacial score (nSPS) is 15.0. The van der Waals surface area contributed by atoms with Crippen LogP contribution >= 0.6 is 24.8 Å². The summed E-state index contributed by atoms with van der Waals surface area (Å²) in [6.07, 6.45) is 1.34. The van der Waals surface area contributed by atoms with Gasteiger partial charge in [-0.05, 0) is 12.8 Å². The van der Waals surface area contributed by atoms with Gasteiger partial charge in [-0.2, -0.15) is 0 Å². The van der Waals surface area contributed by atoms with Crippen LogP contribution in [0.4, 0.5) is 0 Å². The number of hydrogen-bond acceptors (Lipinski definition) is 5. The van der Waals surface area contributed by atoms with Crippen molar-refractivity contribution in [1.29, 1.82) is 0 Å². The van der Waals surface area contributed by atoms with E-state index in [0.717, 1.165) is 32.8 Å². The van der Waals surface area contributed by atoms with Crippen LogP contribution in [0.5, 0.6) is 0 Å². The molecule has 1 saturated heterocycles. The van der Waals surface area contributed by atoms with E-state index in [1.165, 1.54) is 0 Å². The second-order valence-corrected chi connectivity index (χ2v) is 5.68. The molecule has 9 heteroatoms. The minimum absolute atomic E-state index is 0. The van der Waals surface area contributed by atoms with Gasteiger partial charge in [-0.25, -0.2) is 0 Å². The van der Waals surface area contributed by atoms with Gasteiger partial charge < -0.3 is 21.1 Å². The summed E-state index contributed by atoms with van der Waals surface area (Å²) in [7, 11) is 0. The second kappa shape index (κ2) is 13.7. The lowest BCUT2D eigenvalue weighted by atomic mass is 9.81. The van der Waals surface area contributed by atoms with E-state index < -0.39 is 5.41 Å². The zero-order chi connectivity index (χ0) is 16.4. The van der Waals surface area contributed by atoms with E-state index in [1.54, 1.807) is 0 Å². The molecule has 24 heavy (non-hydrogen) atoms. The summed E-state index contributed by atoms with van der Waals surface area (Å²) in [5.41, 5.74) is 5.16. The molecule has 0 atom stereocenters. The van der Waals surface area contributed by atoms with Crippen molar-refractivity contribution in [3.8, 4) is 0 Å². The number of nitrogens with two attached hydrogens (primary N) is 1. The summed E-state index contributed by atoms with van der Waals surface area (Å²) in [6, 6.07) is 0. The molecule has 0 spiro atoms. The van der Waals surface area contributed by atoms with E-state index in [9.17, 15) is 9.59 Å². The predicted octanol–water partition coefficient (Wildman–Crippen LogP) is 0.160. The van der Waals surface area contributed by atoms with E-state index in [-0.39, 0.29) is 43.2 Å². The Kier molecular flexibility index (Phi) is 14.6. The third-order valence-corrected chi connectivity index (χ3v) is 4.49. The lowest BCUT2D eigenvalue weighted by molar-refractivity contribution is -0.133. The summed E-state index contributed by atoms with van der Waals surface area (Å²) in [4.78, 5) is 26.2. The summed E-state index contributed by atoms with van der Waals surface area (Å²) in [5.74, 6) is -0.303. The lowest BCUT2D eigenvalue weighted by Crippen LogP contribution is -2.49. The number of ether oxygens (including phenoxy) is 1. The maximum atomic E-state index is 12.2. The van der Waals surface area contributed by atoms with E-state index >= 15 is 0 Å². The summed E-state index contributed by atoms with van der Waals surface area (Å²) >= 11 is 0. The smallest absolute Gasteiger partial charge is 0.239 e. The molecule has 1 aliphatic rings. The van der Waals surface area contributed by atoms with Crippen LogP contribution in [-0.4, -0.2) is 69.2 Å². The second-order valence-electron chi connectivity index (χ2n) is 5.68. The van der Waals surface area contributed by atoms with Gasteiger partial charge in [0, 0.05) is 32.7 Å². The van der Waals surface area contributed by atoms with Gasteiger partial charge in [-0.3, -0.25) is 14.5 Å². The zero-order valence-electron chi connectivity index (χ0n) is 14.6. The Morgan fingerprint density at radius 3 is 2.21 bits per heavy atom. The van der Waals surface area contributed by atoms with Crippen LogP contribution in [0.25, 0.3) is 0 Å². The highest BCUT2D eigenvalue weighted by molar-refractivity contribution is 5.88. The van der Waals surface area contributed by atoms with Crippen LogP contribution in [0.1, 0.15) is 26.7 Å². The Bertz CT molecular complexity index is 354. The number of amides is 2. The lowest BCUT2D eigenvalue weighted by Gasteiger charge is -2.28. The first-order chi connectivity index (χ1) is 10.6. The van der Waals surface area contributed by atoms with Crippen LogP contribution in [0, 0.1) is 5.41 Å². The number of rotatable bonds is 9. The highest BCUT2D eigenvalue weighted by atomic mass is 35.5. The van der Waals surface area contributed by atoms with Crippen molar-refractivity contribution in [2.24, 2.45) is 11.1 Å². The zero-order valence-corrected chi connectivity index (χ0v) is 16.3. The van der Waals surface area contributed by atoms with E-state index in [4.69, 9.17) is 10.5 Å². The minimum Gasteiger partial charge on any atom is -0.379 e. The van der Waals surface area contributed by atoms with Crippen molar-refractivity contribution in [1.82, 2.24) is 15.5 Å². The fourth-order valence-electron chi connectivity index (χ4n) is 2.54. The number of halogens is 2. The van der Waals surface area contributed by atoms with Gasteiger partial charge in [-0.1, -0.05) is 13.8 Å². The predicted molar refractivity (Wildman–Crippen MR) is 99.8 cm³/mol. The van der Waals surface area contributed by atoms with Crippen molar-refractivity contribution < 1.29 is 14.3 Å². The van der Waals surface area contributed by atoms with Crippen molar-refractivity contribution >= 4 is 36.6 Å². The molecule has 1 rings (SSSR count). The number of carbonyl (C=O) groups is 2. The highest BCUT2D eigenvalue weighted by Crippen LogP contribution is 2.24. The molecule has 0 radical (unpaired) electrons. The van der Waals surface area contributed by atoms with Gasteiger partial charge in [0.2, 0.25) is 11.8 Å². The summed E-state index contributed by atoms with van der Waals surface area (Å²) in [5, 5.41) is 5.52. The molecule has 0 saturated carbocycles. The SMILES string of the molecule is CCC(CC)(CN)C(=O)NCC(=O)NCCN1CCOCC1.Cl.Cl. The van der Waals surface area contributed by atoms with Crippen molar-refractivity contribution in [2.75, 3.05) is 52.5 Å². The molecule has 1 heterocycles. The fourth-order valence-corrected chi connectivity index (χ4v) is 2.54. The molecule has 0 aromatic carbocycles. The van der Waals surface area contributed by atoms with E-state index in [0.29, 0.717) is 25.9 Å². The summed E-state index contributed by atoms with van der Waals surface area (Å²) < 4.78 is 5.27. The van der Waals surface area contributed by atoms with Gasteiger partial charge in [0.25, 0.3) is 0 Å². The molecule has 0 aromatic heterocycles. The highest BCUT2D eigenvalue weighted by Gasteiger charge is 2.33. The first-order valence-electron chi connectivity index (χ1n) is 8.13. The standard InChI is InChI=1S/C15H30N4O3.2ClH/c1-3-15(4-2,12-16)14(21)18-11-13(20)17-5-6-19-7-9-22-10-8-19;;/h3-12,16H2,1-2H3,(H,17,20)(H,18,21);2*1H. The molecule has 1 aliphatic heterocycles. The molecular weight excluding hydrogens is 355 g/mol. The molecule has 0 unspecified atom stereocenters. The Hall–Kier alpha value is -0.600. The third-order valence-electron chi connectivity index (χ3n) is 4.49. The monoisotopic (exact) mass is 386 g/mol. The first-order valence-corrected chi connectivity index (χ1v) is 8.13. The quantitative estimate of drug-likeness (QED) is 0.524. The molecule has 144 valence electrons. The maximum absolute atomic E-state index is 12.2. The number of nitrogens with one attached hydrogen (secondary N) is 2. The van der Waals surface area contributed by atoms with Gasteiger partial charge in [0.05, 0.1) is 25.2 Å². The molecular formula is C15H32Cl2N4O3. The third kappa shape index (κ3) is 7.98. The number of morpholine rings is 1. The molecule has 4 N–H and O–H groups in total.